The average molecular weight is 348 g/mol. The van der Waals surface area contributed by atoms with Crippen LogP contribution in [0, 0.1) is 20.8 Å². The summed E-state index contributed by atoms with van der Waals surface area (Å²) in [5, 5.41) is 3.44. The highest BCUT2D eigenvalue weighted by atomic mass is 14.8. The van der Waals surface area contributed by atoms with E-state index < -0.39 is 0 Å². The molecule has 0 aliphatic carbocycles. The third kappa shape index (κ3) is 2.65. The monoisotopic (exact) mass is 348 g/mol. The third-order valence-electron chi connectivity index (χ3n) is 5.21. The van der Waals surface area contributed by atoms with Gasteiger partial charge in [0, 0.05) is 21.7 Å². The number of fused-ring (bicyclic) bond motifs is 3. The van der Waals surface area contributed by atoms with E-state index in [2.05, 4.69) is 87.5 Å². The molecule has 0 unspecified atom stereocenters. The molecule has 27 heavy (non-hydrogen) atoms. The number of benzene rings is 3. The van der Waals surface area contributed by atoms with Crippen LogP contribution in [0.25, 0.3) is 44.0 Å². The van der Waals surface area contributed by atoms with Gasteiger partial charge in [-0.25, -0.2) is 9.97 Å². The number of pyridine rings is 2. The summed E-state index contributed by atoms with van der Waals surface area (Å²) in [5.41, 5.74) is 8.94. The number of aryl methyl sites for hydroxylation is 3. The summed E-state index contributed by atoms with van der Waals surface area (Å²) >= 11 is 0. The van der Waals surface area contributed by atoms with Crippen molar-refractivity contribution in [2.75, 3.05) is 0 Å². The van der Waals surface area contributed by atoms with E-state index in [-0.39, 0.29) is 0 Å². The molecule has 0 aliphatic heterocycles. The van der Waals surface area contributed by atoms with Crippen molar-refractivity contribution in [2.45, 2.75) is 20.8 Å². The number of aromatic nitrogens is 2. The van der Waals surface area contributed by atoms with Gasteiger partial charge < -0.3 is 0 Å². The number of hydrogen-bond acceptors (Lipinski definition) is 2. The summed E-state index contributed by atoms with van der Waals surface area (Å²) in [4.78, 5) is 9.77. The molecular weight excluding hydrogens is 328 g/mol. The minimum absolute atomic E-state index is 0.804. The molecule has 0 aliphatic rings. The van der Waals surface area contributed by atoms with E-state index in [9.17, 15) is 0 Å². The normalized spacial score (nSPS) is 11.5. The average Bonchev–Trinajstić information content (AvgIpc) is 2.66. The van der Waals surface area contributed by atoms with E-state index in [0.717, 1.165) is 27.5 Å². The van der Waals surface area contributed by atoms with Crippen LogP contribution in [0.5, 0.6) is 0 Å². The van der Waals surface area contributed by atoms with E-state index in [4.69, 9.17) is 9.97 Å². The first-order valence-corrected chi connectivity index (χ1v) is 9.27. The van der Waals surface area contributed by atoms with Crippen LogP contribution < -0.4 is 0 Å². The number of rotatable bonds is 1. The SMILES string of the molecule is Cc1ccc(-c2c3cc(C)ccc3nc3nc4ccc(C)cc4cc23)cc1. The van der Waals surface area contributed by atoms with Crippen LogP contribution in [0.4, 0.5) is 0 Å². The van der Waals surface area contributed by atoms with Crippen molar-refractivity contribution in [2.24, 2.45) is 0 Å². The van der Waals surface area contributed by atoms with Crippen LogP contribution in [-0.2, 0) is 0 Å². The summed E-state index contributed by atoms with van der Waals surface area (Å²) < 4.78 is 0. The van der Waals surface area contributed by atoms with Gasteiger partial charge in [-0.3, -0.25) is 0 Å². The molecule has 2 heterocycles. The van der Waals surface area contributed by atoms with Gasteiger partial charge in [-0.05, 0) is 56.7 Å². The van der Waals surface area contributed by atoms with Crippen molar-refractivity contribution in [3.63, 3.8) is 0 Å². The number of hydrogen-bond donors (Lipinski definition) is 0. The molecule has 2 nitrogen and oxygen atoms in total. The van der Waals surface area contributed by atoms with E-state index in [1.807, 2.05) is 0 Å². The zero-order valence-electron chi connectivity index (χ0n) is 15.7. The summed E-state index contributed by atoms with van der Waals surface area (Å²) in [6, 6.07) is 23.8. The first-order valence-electron chi connectivity index (χ1n) is 9.27. The van der Waals surface area contributed by atoms with Crippen molar-refractivity contribution >= 4 is 32.8 Å². The molecule has 130 valence electrons. The molecule has 5 rings (SSSR count). The highest BCUT2D eigenvalue weighted by Crippen LogP contribution is 2.36. The van der Waals surface area contributed by atoms with Gasteiger partial charge in [-0.15, -0.1) is 0 Å². The molecule has 0 atom stereocenters. The fourth-order valence-corrected chi connectivity index (χ4v) is 3.79. The molecule has 0 spiro atoms. The van der Waals surface area contributed by atoms with E-state index in [1.54, 1.807) is 0 Å². The van der Waals surface area contributed by atoms with Crippen LogP contribution in [0.3, 0.4) is 0 Å². The Morgan fingerprint density at radius 1 is 0.556 bits per heavy atom. The second-order valence-corrected chi connectivity index (χ2v) is 7.43. The van der Waals surface area contributed by atoms with Crippen molar-refractivity contribution in [1.29, 1.82) is 0 Å². The number of nitrogens with zero attached hydrogens (tertiary/aromatic N) is 2. The van der Waals surface area contributed by atoms with Crippen molar-refractivity contribution in [3.8, 4) is 11.1 Å². The fraction of sp³-hybridized carbons (Fsp3) is 0.120. The molecule has 0 fully saturated rings. The maximum atomic E-state index is 4.88. The van der Waals surface area contributed by atoms with E-state index in [0.29, 0.717) is 0 Å². The highest BCUT2D eigenvalue weighted by Gasteiger charge is 2.13. The van der Waals surface area contributed by atoms with Crippen LogP contribution in [-0.4, -0.2) is 9.97 Å². The minimum atomic E-state index is 0.804. The maximum Gasteiger partial charge on any atom is 0.161 e. The zero-order chi connectivity index (χ0) is 18.5. The van der Waals surface area contributed by atoms with Crippen molar-refractivity contribution in [3.05, 3.63) is 83.4 Å². The summed E-state index contributed by atoms with van der Waals surface area (Å²) in [6.07, 6.45) is 0. The van der Waals surface area contributed by atoms with E-state index >= 15 is 0 Å². The van der Waals surface area contributed by atoms with Gasteiger partial charge in [-0.1, -0.05) is 53.1 Å². The molecule has 0 amide bonds. The summed E-state index contributed by atoms with van der Waals surface area (Å²) in [5.74, 6) is 0. The van der Waals surface area contributed by atoms with Crippen molar-refractivity contribution in [1.82, 2.24) is 9.97 Å². The molecule has 2 heteroatoms. The minimum Gasteiger partial charge on any atom is -0.228 e. The Morgan fingerprint density at radius 2 is 1.19 bits per heavy atom. The van der Waals surface area contributed by atoms with E-state index in [1.165, 1.54) is 33.2 Å². The molecule has 0 saturated heterocycles. The highest BCUT2D eigenvalue weighted by molar-refractivity contribution is 6.11. The van der Waals surface area contributed by atoms with Gasteiger partial charge in [0.25, 0.3) is 0 Å². The summed E-state index contributed by atoms with van der Waals surface area (Å²) in [7, 11) is 0. The smallest absolute Gasteiger partial charge is 0.161 e. The first-order chi connectivity index (χ1) is 13.1. The Hall–Kier alpha value is -3.26. The lowest BCUT2D eigenvalue weighted by molar-refractivity contribution is 1.36. The molecule has 2 aromatic heterocycles. The lowest BCUT2D eigenvalue weighted by Crippen LogP contribution is -1.93. The van der Waals surface area contributed by atoms with Gasteiger partial charge in [0.15, 0.2) is 5.65 Å². The Labute approximate surface area is 158 Å². The van der Waals surface area contributed by atoms with Gasteiger partial charge in [0.1, 0.15) is 0 Å². The molecule has 0 bridgehead atoms. The lowest BCUT2D eigenvalue weighted by atomic mass is 9.95. The Balaban J connectivity index is 1.98. The first kappa shape index (κ1) is 16.0. The Kier molecular flexibility index (Phi) is 3.48. The second kappa shape index (κ2) is 5.88. The van der Waals surface area contributed by atoms with Gasteiger partial charge >= 0.3 is 0 Å². The fourth-order valence-electron chi connectivity index (χ4n) is 3.79. The molecule has 0 saturated carbocycles. The van der Waals surface area contributed by atoms with Crippen LogP contribution in [0.1, 0.15) is 16.7 Å². The molecule has 5 aromatic rings. The predicted molar refractivity (Wildman–Crippen MR) is 114 cm³/mol. The largest absolute Gasteiger partial charge is 0.228 e. The van der Waals surface area contributed by atoms with Crippen LogP contribution in [0.2, 0.25) is 0 Å². The van der Waals surface area contributed by atoms with Crippen LogP contribution in [0.15, 0.2) is 66.7 Å². The van der Waals surface area contributed by atoms with Crippen LogP contribution >= 0.6 is 0 Å². The molecule has 3 aromatic carbocycles. The molecule has 0 radical (unpaired) electrons. The standard InChI is InChI=1S/C25H20N2/c1-15-4-8-18(9-5-15)24-20-13-17(3)7-11-23(20)27-25-21(24)14-19-12-16(2)6-10-22(19)26-25/h4-14H,1-3H3. The zero-order valence-corrected chi connectivity index (χ0v) is 15.7. The topological polar surface area (TPSA) is 25.8 Å². The lowest BCUT2D eigenvalue weighted by Gasteiger charge is -2.13. The molecular formula is C25H20N2. The second-order valence-electron chi connectivity index (χ2n) is 7.43. The van der Waals surface area contributed by atoms with Gasteiger partial charge in [0.05, 0.1) is 11.0 Å². The van der Waals surface area contributed by atoms with Crippen molar-refractivity contribution < 1.29 is 0 Å². The molecule has 0 N–H and O–H groups in total. The van der Waals surface area contributed by atoms with Gasteiger partial charge in [0.2, 0.25) is 0 Å². The Morgan fingerprint density at radius 3 is 1.96 bits per heavy atom. The predicted octanol–water partition coefficient (Wildman–Crippen LogP) is 6.53. The third-order valence-corrected chi connectivity index (χ3v) is 5.21. The quantitative estimate of drug-likeness (QED) is 0.322. The summed E-state index contributed by atoms with van der Waals surface area (Å²) in [6.45, 7) is 6.37. The Bertz CT molecular complexity index is 1330. The maximum absolute atomic E-state index is 4.88. The van der Waals surface area contributed by atoms with Gasteiger partial charge in [-0.2, -0.15) is 0 Å².